The monoisotopic (exact) mass is 628 g/mol. The van der Waals surface area contributed by atoms with Crippen LogP contribution in [0.1, 0.15) is 74.8 Å². The van der Waals surface area contributed by atoms with E-state index in [4.69, 9.17) is 19.2 Å². The standard InChI is InChI=1S/C37H48N4O5/c1-7-25-8-12-27(13-9-25)37-31-20-33(46-24(2)3)32(44-5)18-28(31)19-35(42)41(37)30-16-17-34(39-21-30)40(4)23-26-10-14-29(15-11-26)38-22-36(43)45-6/h8-9,12-13,16-18,20-21,24,26,29,37-38H,7,10-11,14-15,19,22-23H2,1-6H3. The van der Waals surface area contributed by atoms with Crippen molar-refractivity contribution in [2.45, 2.75) is 77.5 Å². The Morgan fingerprint density at radius 1 is 1.04 bits per heavy atom. The number of esters is 1. The van der Waals surface area contributed by atoms with Crippen molar-refractivity contribution in [3.63, 3.8) is 0 Å². The fourth-order valence-corrected chi connectivity index (χ4v) is 6.70. The number of carbonyl (C=O) groups excluding carboxylic acids is 2. The van der Waals surface area contributed by atoms with Crippen molar-refractivity contribution in [2.75, 3.05) is 44.2 Å². The Bertz CT molecular complexity index is 1480. The summed E-state index contributed by atoms with van der Waals surface area (Å²) in [4.78, 5) is 34.3. The Balaban J connectivity index is 1.37. The van der Waals surface area contributed by atoms with Crippen LogP contribution in [0.4, 0.5) is 11.5 Å². The SMILES string of the molecule is CCc1ccc(C2c3cc(OC(C)C)c(OC)cc3CC(=O)N2c2ccc(N(C)CC3CCC(NCC(=O)OC)CC3)nc2)cc1. The highest BCUT2D eigenvalue weighted by Gasteiger charge is 2.36. The van der Waals surface area contributed by atoms with Crippen LogP contribution in [0.5, 0.6) is 11.5 Å². The number of methoxy groups -OCH3 is 2. The number of aryl methyl sites for hydroxylation is 1. The van der Waals surface area contributed by atoms with Crippen LogP contribution in [0.25, 0.3) is 0 Å². The van der Waals surface area contributed by atoms with Crippen molar-refractivity contribution in [1.82, 2.24) is 10.3 Å². The molecule has 2 aliphatic rings. The molecule has 246 valence electrons. The minimum atomic E-state index is -0.337. The van der Waals surface area contributed by atoms with E-state index in [1.54, 1.807) is 7.11 Å². The number of fused-ring (bicyclic) bond motifs is 1. The zero-order valence-electron chi connectivity index (χ0n) is 28.0. The van der Waals surface area contributed by atoms with Gasteiger partial charge in [0.15, 0.2) is 11.5 Å². The number of amides is 1. The van der Waals surface area contributed by atoms with Gasteiger partial charge in [-0.05, 0) is 98.4 Å². The molecule has 3 aromatic rings. The van der Waals surface area contributed by atoms with Crippen molar-refractivity contribution < 1.29 is 23.8 Å². The first-order valence-corrected chi connectivity index (χ1v) is 16.5. The minimum absolute atomic E-state index is 0.0112. The summed E-state index contributed by atoms with van der Waals surface area (Å²) in [6, 6.07) is 16.6. The van der Waals surface area contributed by atoms with Gasteiger partial charge in [0.25, 0.3) is 0 Å². The Labute approximate surface area is 273 Å². The van der Waals surface area contributed by atoms with Gasteiger partial charge >= 0.3 is 5.97 Å². The highest BCUT2D eigenvalue weighted by Crippen LogP contribution is 2.43. The molecule has 46 heavy (non-hydrogen) atoms. The molecule has 0 bridgehead atoms. The number of pyridine rings is 1. The number of benzene rings is 2. The van der Waals surface area contributed by atoms with Crippen LogP contribution in [0.3, 0.4) is 0 Å². The van der Waals surface area contributed by atoms with Crippen LogP contribution in [-0.4, -0.2) is 63.4 Å². The van der Waals surface area contributed by atoms with Crippen LogP contribution in [0.15, 0.2) is 54.7 Å². The number of aromatic nitrogens is 1. The molecule has 2 aromatic carbocycles. The summed E-state index contributed by atoms with van der Waals surface area (Å²) < 4.78 is 16.6. The van der Waals surface area contributed by atoms with Gasteiger partial charge in [-0.2, -0.15) is 0 Å². The second-order valence-electron chi connectivity index (χ2n) is 12.7. The number of carbonyl (C=O) groups is 2. The summed E-state index contributed by atoms with van der Waals surface area (Å²) in [6.07, 6.45) is 7.26. The molecule has 1 amide bonds. The summed E-state index contributed by atoms with van der Waals surface area (Å²) in [5.41, 5.74) is 5.01. The minimum Gasteiger partial charge on any atom is -0.493 e. The maximum Gasteiger partial charge on any atom is 0.319 e. The largest absolute Gasteiger partial charge is 0.493 e. The number of hydrogen-bond acceptors (Lipinski definition) is 8. The first kappa shape index (κ1) is 33.3. The molecule has 2 heterocycles. The highest BCUT2D eigenvalue weighted by molar-refractivity contribution is 5.98. The van der Waals surface area contributed by atoms with Gasteiger partial charge in [0.2, 0.25) is 5.91 Å². The smallest absolute Gasteiger partial charge is 0.319 e. The molecule has 9 nitrogen and oxygen atoms in total. The fourth-order valence-electron chi connectivity index (χ4n) is 6.70. The normalized spacial score (nSPS) is 19.5. The number of hydrogen-bond donors (Lipinski definition) is 1. The first-order chi connectivity index (χ1) is 22.2. The molecule has 9 heteroatoms. The fraction of sp³-hybridized carbons (Fsp3) is 0.486. The molecule has 1 N–H and O–H groups in total. The molecule has 0 spiro atoms. The Hall–Kier alpha value is -4.11. The zero-order valence-corrected chi connectivity index (χ0v) is 28.0. The second kappa shape index (κ2) is 15.0. The number of ether oxygens (including phenoxy) is 3. The summed E-state index contributed by atoms with van der Waals surface area (Å²) in [5.74, 6) is 2.52. The number of anilines is 2. The lowest BCUT2D eigenvalue weighted by Crippen LogP contribution is -2.41. The van der Waals surface area contributed by atoms with E-state index in [1.807, 2.05) is 49.2 Å². The third kappa shape index (κ3) is 7.64. The Morgan fingerprint density at radius 3 is 2.39 bits per heavy atom. The number of nitrogens with zero attached hydrogens (tertiary/aromatic N) is 3. The summed E-state index contributed by atoms with van der Waals surface area (Å²) in [5, 5.41) is 3.32. The Kier molecular flexibility index (Phi) is 10.8. The quantitative estimate of drug-likeness (QED) is 0.249. The lowest BCUT2D eigenvalue weighted by Gasteiger charge is -2.38. The molecule has 0 radical (unpaired) electrons. The molecule has 1 unspecified atom stereocenters. The van der Waals surface area contributed by atoms with Crippen LogP contribution >= 0.6 is 0 Å². The predicted molar refractivity (Wildman–Crippen MR) is 181 cm³/mol. The molecule has 1 saturated carbocycles. The Morgan fingerprint density at radius 2 is 1.78 bits per heavy atom. The maximum atomic E-state index is 13.9. The van der Waals surface area contributed by atoms with Crippen molar-refractivity contribution in [2.24, 2.45) is 5.92 Å². The topological polar surface area (TPSA) is 93.2 Å². The van der Waals surface area contributed by atoms with Gasteiger partial charge < -0.3 is 24.4 Å². The highest BCUT2D eigenvalue weighted by atomic mass is 16.5. The van der Waals surface area contributed by atoms with Gasteiger partial charge in [0.1, 0.15) is 5.82 Å². The summed E-state index contributed by atoms with van der Waals surface area (Å²) in [7, 11) is 5.13. The molecule has 1 fully saturated rings. The van der Waals surface area contributed by atoms with E-state index in [0.29, 0.717) is 23.5 Å². The molecule has 0 saturated heterocycles. The van der Waals surface area contributed by atoms with E-state index in [-0.39, 0.29) is 37.0 Å². The molecule has 1 atom stereocenters. The average molecular weight is 629 g/mol. The average Bonchev–Trinajstić information content (AvgIpc) is 3.07. The van der Waals surface area contributed by atoms with Crippen molar-refractivity contribution in [3.05, 3.63) is 77.0 Å². The van der Waals surface area contributed by atoms with E-state index < -0.39 is 0 Å². The molecular weight excluding hydrogens is 580 g/mol. The van der Waals surface area contributed by atoms with E-state index in [9.17, 15) is 9.59 Å². The second-order valence-corrected chi connectivity index (χ2v) is 12.7. The third-order valence-electron chi connectivity index (χ3n) is 9.20. The van der Waals surface area contributed by atoms with Gasteiger partial charge in [-0.25, -0.2) is 4.98 Å². The van der Waals surface area contributed by atoms with Crippen LogP contribution in [0, 0.1) is 5.92 Å². The van der Waals surface area contributed by atoms with Crippen molar-refractivity contribution >= 4 is 23.4 Å². The van der Waals surface area contributed by atoms with Gasteiger partial charge in [-0.15, -0.1) is 0 Å². The van der Waals surface area contributed by atoms with E-state index >= 15 is 0 Å². The predicted octanol–water partition coefficient (Wildman–Crippen LogP) is 5.88. The van der Waals surface area contributed by atoms with Gasteiger partial charge in [-0.3, -0.25) is 14.5 Å². The lowest BCUT2D eigenvalue weighted by molar-refractivity contribution is -0.139. The third-order valence-corrected chi connectivity index (χ3v) is 9.20. The van der Waals surface area contributed by atoms with Gasteiger partial charge in [0, 0.05) is 19.6 Å². The summed E-state index contributed by atoms with van der Waals surface area (Å²) in [6.45, 7) is 7.30. The van der Waals surface area contributed by atoms with Crippen molar-refractivity contribution in [3.8, 4) is 11.5 Å². The van der Waals surface area contributed by atoms with Gasteiger partial charge in [0.05, 0.1) is 51.2 Å². The zero-order chi connectivity index (χ0) is 32.8. The van der Waals surface area contributed by atoms with Crippen LogP contribution in [0.2, 0.25) is 0 Å². The maximum absolute atomic E-state index is 13.9. The molecular formula is C37H48N4O5. The lowest BCUT2D eigenvalue weighted by atomic mass is 9.85. The van der Waals surface area contributed by atoms with Crippen LogP contribution in [-0.2, 0) is 27.2 Å². The van der Waals surface area contributed by atoms with E-state index in [0.717, 1.165) is 66.8 Å². The molecule has 1 aromatic heterocycles. The number of nitrogens with one attached hydrogen (secondary N) is 1. The van der Waals surface area contributed by atoms with E-state index in [1.165, 1.54) is 12.7 Å². The van der Waals surface area contributed by atoms with Gasteiger partial charge in [-0.1, -0.05) is 31.2 Å². The first-order valence-electron chi connectivity index (χ1n) is 16.5. The summed E-state index contributed by atoms with van der Waals surface area (Å²) >= 11 is 0. The molecule has 5 rings (SSSR count). The number of rotatable bonds is 12. The van der Waals surface area contributed by atoms with Crippen LogP contribution < -0.4 is 24.6 Å². The van der Waals surface area contributed by atoms with E-state index in [2.05, 4.69) is 48.5 Å². The molecule has 1 aliphatic carbocycles. The molecule has 1 aliphatic heterocycles. The van der Waals surface area contributed by atoms with Crippen molar-refractivity contribution in [1.29, 1.82) is 0 Å².